The second-order valence-electron chi connectivity index (χ2n) is 7.45. The van der Waals surface area contributed by atoms with E-state index in [2.05, 4.69) is 5.32 Å². The monoisotopic (exact) mass is 468 g/mol. The molecular weight excluding hydrogens is 440 g/mol. The topological polar surface area (TPSA) is 84.9 Å². The van der Waals surface area contributed by atoms with Crippen molar-refractivity contribution >= 4 is 15.9 Å². The number of nitrogens with one attached hydrogen (secondary N) is 1. The molecule has 174 valence electrons. The number of rotatable bonds is 10. The fraction of sp³-hybridized carbons (Fsp3) is 0.240. The van der Waals surface area contributed by atoms with E-state index in [0.29, 0.717) is 17.9 Å². The lowest BCUT2D eigenvalue weighted by Gasteiger charge is -2.28. The van der Waals surface area contributed by atoms with Crippen LogP contribution < -0.4 is 14.8 Å². The Balaban J connectivity index is 1.81. The summed E-state index contributed by atoms with van der Waals surface area (Å²) in [6, 6.07) is 21.9. The molecule has 0 radical (unpaired) electrons. The van der Waals surface area contributed by atoms with Gasteiger partial charge in [0.05, 0.1) is 25.2 Å². The van der Waals surface area contributed by atoms with Crippen LogP contribution in [0.2, 0.25) is 0 Å². The van der Waals surface area contributed by atoms with Crippen molar-refractivity contribution in [2.75, 3.05) is 21.3 Å². The maximum Gasteiger partial charge on any atom is 0.243 e. The average molecular weight is 469 g/mol. The number of amides is 1. The molecule has 33 heavy (non-hydrogen) atoms. The standard InChI is InChI=1S/C25H28N2O5S/c1-27(33(29,30)23-7-5-4-6-8-23)24(20-11-15-22(32-3)16-12-20)17-25(28)26-18-19-9-13-21(31-2)14-10-19/h4-16,24H,17-18H2,1-3H3,(H,26,28)/t24-/m1/s1. The van der Waals surface area contributed by atoms with Gasteiger partial charge in [0.1, 0.15) is 11.5 Å². The van der Waals surface area contributed by atoms with E-state index in [1.165, 1.54) is 11.4 Å². The lowest BCUT2D eigenvalue weighted by molar-refractivity contribution is -0.122. The molecule has 0 spiro atoms. The minimum absolute atomic E-state index is 0.0367. The third kappa shape index (κ3) is 6.12. The van der Waals surface area contributed by atoms with Crippen molar-refractivity contribution in [3.63, 3.8) is 0 Å². The molecule has 0 saturated heterocycles. The highest BCUT2D eigenvalue weighted by molar-refractivity contribution is 7.89. The Labute approximate surface area is 195 Å². The molecule has 0 bridgehead atoms. The third-order valence-electron chi connectivity index (χ3n) is 5.39. The molecule has 0 aliphatic heterocycles. The predicted molar refractivity (Wildman–Crippen MR) is 127 cm³/mol. The first-order chi connectivity index (χ1) is 15.8. The number of nitrogens with zero attached hydrogens (tertiary/aromatic N) is 1. The average Bonchev–Trinajstić information content (AvgIpc) is 2.86. The fourth-order valence-electron chi connectivity index (χ4n) is 3.40. The summed E-state index contributed by atoms with van der Waals surface area (Å²) in [6.07, 6.45) is -0.0367. The zero-order valence-electron chi connectivity index (χ0n) is 18.9. The first-order valence-corrected chi connectivity index (χ1v) is 11.9. The molecule has 1 atom stereocenters. The summed E-state index contributed by atoms with van der Waals surface area (Å²) in [4.78, 5) is 13.0. The first kappa shape index (κ1) is 24.3. The van der Waals surface area contributed by atoms with Gasteiger partial charge in [-0.25, -0.2) is 8.42 Å². The van der Waals surface area contributed by atoms with Crippen molar-refractivity contribution < 1.29 is 22.7 Å². The zero-order chi connectivity index (χ0) is 23.8. The van der Waals surface area contributed by atoms with Crippen LogP contribution in [0.1, 0.15) is 23.6 Å². The van der Waals surface area contributed by atoms with E-state index in [9.17, 15) is 13.2 Å². The molecule has 3 aromatic rings. The second-order valence-corrected chi connectivity index (χ2v) is 9.45. The van der Waals surface area contributed by atoms with Gasteiger partial charge in [0.2, 0.25) is 15.9 Å². The number of methoxy groups -OCH3 is 2. The normalized spacial score (nSPS) is 12.2. The van der Waals surface area contributed by atoms with Crippen LogP contribution in [0.15, 0.2) is 83.8 Å². The molecule has 1 N–H and O–H groups in total. The summed E-state index contributed by atoms with van der Waals surface area (Å²) >= 11 is 0. The lowest BCUT2D eigenvalue weighted by Crippen LogP contribution is -2.35. The highest BCUT2D eigenvalue weighted by Gasteiger charge is 2.30. The molecular formula is C25H28N2O5S. The van der Waals surface area contributed by atoms with Gasteiger partial charge >= 0.3 is 0 Å². The predicted octanol–water partition coefficient (Wildman–Crippen LogP) is 3.77. The smallest absolute Gasteiger partial charge is 0.243 e. The zero-order valence-corrected chi connectivity index (χ0v) is 19.7. The minimum atomic E-state index is -3.81. The Bertz CT molecular complexity index is 1150. The Kier molecular flexibility index (Phi) is 8.08. The Morgan fingerprint density at radius 3 is 1.97 bits per heavy atom. The SMILES string of the molecule is COc1ccc(CNC(=O)C[C@H](c2ccc(OC)cc2)N(C)S(=O)(=O)c2ccccc2)cc1. The number of carbonyl (C=O) groups excluding carboxylic acids is 1. The van der Waals surface area contributed by atoms with Crippen molar-refractivity contribution in [2.24, 2.45) is 0 Å². The van der Waals surface area contributed by atoms with Gasteiger partial charge in [-0.15, -0.1) is 0 Å². The van der Waals surface area contributed by atoms with Gasteiger partial charge in [-0.2, -0.15) is 4.31 Å². The molecule has 8 heteroatoms. The number of ether oxygens (including phenoxy) is 2. The number of sulfonamides is 1. The molecule has 0 aliphatic rings. The summed E-state index contributed by atoms with van der Waals surface area (Å²) in [6.45, 7) is 0.327. The van der Waals surface area contributed by atoms with Crippen LogP contribution in [-0.4, -0.2) is 39.9 Å². The molecule has 1 amide bonds. The molecule has 0 heterocycles. The lowest BCUT2D eigenvalue weighted by atomic mass is 10.0. The maximum atomic E-state index is 13.2. The van der Waals surface area contributed by atoms with Crippen molar-refractivity contribution in [1.29, 1.82) is 0 Å². The number of benzene rings is 3. The van der Waals surface area contributed by atoms with E-state index in [-0.39, 0.29) is 17.2 Å². The third-order valence-corrected chi connectivity index (χ3v) is 7.27. The molecule has 0 fully saturated rings. The summed E-state index contributed by atoms with van der Waals surface area (Å²) in [5, 5.41) is 2.88. The van der Waals surface area contributed by atoms with E-state index >= 15 is 0 Å². The van der Waals surface area contributed by atoms with Crippen molar-refractivity contribution in [3.8, 4) is 11.5 Å². The van der Waals surface area contributed by atoms with Crippen LogP contribution in [0.3, 0.4) is 0 Å². The number of carbonyl (C=O) groups is 1. The van der Waals surface area contributed by atoms with Crippen LogP contribution in [0.25, 0.3) is 0 Å². The molecule has 0 aliphatic carbocycles. The molecule has 3 rings (SSSR count). The van der Waals surface area contributed by atoms with Crippen molar-refractivity contribution in [1.82, 2.24) is 9.62 Å². The van der Waals surface area contributed by atoms with Crippen LogP contribution in [0.4, 0.5) is 0 Å². The molecule has 0 saturated carbocycles. The molecule has 3 aromatic carbocycles. The fourth-order valence-corrected chi connectivity index (χ4v) is 4.77. The van der Waals surface area contributed by atoms with E-state index in [4.69, 9.17) is 9.47 Å². The Morgan fingerprint density at radius 1 is 0.879 bits per heavy atom. The van der Waals surface area contributed by atoms with Gasteiger partial charge in [-0.1, -0.05) is 42.5 Å². The maximum absolute atomic E-state index is 13.2. The van der Waals surface area contributed by atoms with Gasteiger partial charge in [0.25, 0.3) is 0 Å². The summed E-state index contributed by atoms with van der Waals surface area (Å²) in [5.74, 6) is 1.12. The minimum Gasteiger partial charge on any atom is -0.497 e. The molecule has 0 unspecified atom stereocenters. The Morgan fingerprint density at radius 2 is 1.42 bits per heavy atom. The van der Waals surface area contributed by atoms with Gasteiger partial charge in [0.15, 0.2) is 0 Å². The van der Waals surface area contributed by atoms with Gasteiger partial charge in [0, 0.05) is 20.0 Å². The molecule has 0 aromatic heterocycles. The first-order valence-electron chi connectivity index (χ1n) is 10.4. The van der Waals surface area contributed by atoms with Crippen LogP contribution >= 0.6 is 0 Å². The van der Waals surface area contributed by atoms with Gasteiger partial charge in [-0.05, 0) is 47.5 Å². The second kappa shape index (κ2) is 11.0. The van der Waals surface area contributed by atoms with E-state index in [1.54, 1.807) is 68.8 Å². The van der Waals surface area contributed by atoms with E-state index in [1.807, 2.05) is 24.3 Å². The van der Waals surface area contributed by atoms with E-state index in [0.717, 1.165) is 11.3 Å². The Hall–Kier alpha value is -3.36. The highest BCUT2D eigenvalue weighted by atomic mass is 32.2. The highest BCUT2D eigenvalue weighted by Crippen LogP contribution is 2.30. The largest absolute Gasteiger partial charge is 0.497 e. The molecule has 7 nitrogen and oxygen atoms in total. The quantitative estimate of drug-likeness (QED) is 0.490. The summed E-state index contributed by atoms with van der Waals surface area (Å²) in [5.41, 5.74) is 1.60. The summed E-state index contributed by atoms with van der Waals surface area (Å²) in [7, 11) is 0.834. The van der Waals surface area contributed by atoms with Crippen molar-refractivity contribution in [2.45, 2.75) is 23.9 Å². The van der Waals surface area contributed by atoms with Crippen LogP contribution in [-0.2, 0) is 21.4 Å². The van der Waals surface area contributed by atoms with Gasteiger partial charge in [-0.3, -0.25) is 4.79 Å². The number of hydrogen-bond acceptors (Lipinski definition) is 5. The van der Waals surface area contributed by atoms with Crippen LogP contribution in [0, 0.1) is 0 Å². The van der Waals surface area contributed by atoms with Gasteiger partial charge < -0.3 is 14.8 Å². The summed E-state index contributed by atoms with van der Waals surface area (Å²) < 4.78 is 38.1. The van der Waals surface area contributed by atoms with Crippen molar-refractivity contribution in [3.05, 3.63) is 90.0 Å². The van der Waals surface area contributed by atoms with Crippen LogP contribution in [0.5, 0.6) is 11.5 Å². The number of hydrogen-bond donors (Lipinski definition) is 1. The van der Waals surface area contributed by atoms with E-state index < -0.39 is 16.1 Å².